The minimum absolute atomic E-state index is 0.147. The molecule has 30 heavy (non-hydrogen) atoms. The number of aliphatic hydroxyl groups excluding tert-OH is 1. The first-order chi connectivity index (χ1) is 14.5. The van der Waals surface area contributed by atoms with Crippen molar-refractivity contribution in [3.05, 3.63) is 95.1 Å². The van der Waals surface area contributed by atoms with Crippen molar-refractivity contribution in [1.82, 2.24) is 14.9 Å². The molecule has 1 aliphatic rings. The van der Waals surface area contributed by atoms with Gasteiger partial charge in [-0.1, -0.05) is 12.1 Å². The Kier molecular flexibility index (Phi) is 5.14. The number of hydrogen-bond donors (Lipinski definition) is 2. The molecule has 0 radical (unpaired) electrons. The fraction of sp³-hybridized carbons (Fsp3) is 0.136. The van der Waals surface area contributed by atoms with E-state index < -0.39 is 35.1 Å². The molecule has 1 amide bonds. The van der Waals surface area contributed by atoms with Crippen molar-refractivity contribution in [3.8, 4) is 0 Å². The number of carbonyl (C=O) groups is 2. The van der Waals surface area contributed by atoms with Crippen molar-refractivity contribution in [1.29, 1.82) is 0 Å². The van der Waals surface area contributed by atoms with E-state index in [0.717, 1.165) is 17.8 Å². The van der Waals surface area contributed by atoms with Gasteiger partial charge in [-0.15, -0.1) is 0 Å². The van der Waals surface area contributed by atoms with Crippen molar-refractivity contribution < 1.29 is 23.5 Å². The Hall–Kier alpha value is -3.81. The highest BCUT2D eigenvalue weighted by Crippen LogP contribution is 2.39. The van der Waals surface area contributed by atoms with Gasteiger partial charge in [-0.3, -0.25) is 9.59 Å². The zero-order chi connectivity index (χ0) is 21.3. The highest BCUT2D eigenvalue weighted by atomic mass is 19.1. The minimum Gasteiger partial charge on any atom is -0.507 e. The Balaban J connectivity index is 1.80. The zero-order valence-electron chi connectivity index (χ0n) is 15.7. The van der Waals surface area contributed by atoms with Crippen LogP contribution < -0.4 is 0 Å². The van der Waals surface area contributed by atoms with Crippen molar-refractivity contribution in [3.63, 3.8) is 0 Å². The number of Topliss-reactive ketones (excluding diaryl/α,β-unsaturated/α-hetero) is 1. The van der Waals surface area contributed by atoms with Gasteiger partial charge in [0.05, 0.1) is 17.9 Å². The number of nitrogens with zero attached hydrogens (tertiary/aromatic N) is 2. The van der Waals surface area contributed by atoms with Gasteiger partial charge in [0, 0.05) is 30.4 Å². The number of imidazole rings is 1. The Labute approximate surface area is 170 Å². The Morgan fingerprint density at radius 1 is 1.10 bits per heavy atom. The number of aliphatic hydroxyl groups is 1. The smallest absolute Gasteiger partial charge is 0.295 e. The lowest BCUT2D eigenvalue weighted by molar-refractivity contribution is -0.139. The van der Waals surface area contributed by atoms with Gasteiger partial charge in [0.1, 0.15) is 17.4 Å². The summed E-state index contributed by atoms with van der Waals surface area (Å²) in [6.07, 6.45) is 3.49. The van der Waals surface area contributed by atoms with Crippen LogP contribution in [0.3, 0.4) is 0 Å². The summed E-state index contributed by atoms with van der Waals surface area (Å²) < 4.78 is 27.2. The number of aromatic nitrogens is 2. The van der Waals surface area contributed by atoms with Gasteiger partial charge < -0.3 is 15.0 Å². The summed E-state index contributed by atoms with van der Waals surface area (Å²) >= 11 is 0. The second kappa shape index (κ2) is 7.90. The van der Waals surface area contributed by atoms with Crippen molar-refractivity contribution in [2.24, 2.45) is 0 Å². The molecule has 0 bridgehead atoms. The summed E-state index contributed by atoms with van der Waals surface area (Å²) in [6, 6.07) is 9.45. The maximum atomic E-state index is 13.9. The topological polar surface area (TPSA) is 86.3 Å². The predicted molar refractivity (Wildman–Crippen MR) is 104 cm³/mol. The summed E-state index contributed by atoms with van der Waals surface area (Å²) in [6.45, 7) is 0.147. The summed E-state index contributed by atoms with van der Waals surface area (Å²) in [5, 5.41) is 10.8. The molecule has 6 nitrogen and oxygen atoms in total. The average Bonchev–Trinajstić information content (AvgIpc) is 3.34. The van der Waals surface area contributed by atoms with Crippen LogP contribution in [0.5, 0.6) is 0 Å². The van der Waals surface area contributed by atoms with Gasteiger partial charge in [-0.2, -0.15) is 0 Å². The van der Waals surface area contributed by atoms with Gasteiger partial charge in [-0.05, 0) is 42.0 Å². The first-order valence-electron chi connectivity index (χ1n) is 9.23. The molecule has 0 saturated carbocycles. The Morgan fingerprint density at radius 3 is 2.53 bits per heavy atom. The lowest BCUT2D eigenvalue weighted by Crippen LogP contribution is -2.31. The number of nitrogens with one attached hydrogen (secondary N) is 1. The number of likely N-dealkylation sites (tertiary alicyclic amines) is 1. The third-order valence-corrected chi connectivity index (χ3v) is 5.00. The molecule has 1 unspecified atom stereocenters. The molecule has 0 aliphatic carbocycles. The lowest BCUT2D eigenvalue weighted by Gasteiger charge is -2.25. The van der Waals surface area contributed by atoms with Gasteiger partial charge in [0.15, 0.2) is 0 Å². The van der Waals surface area contributed by atoms with E-state index in [1.165, 1.54) is 41.6 Å². The van der Waals surface area contributed by atoms with E-state index in [2.05, 4.69) is 9.97 Å². The molecular formula is C22H17F2N3O3. The van der Waals surface area contributed by atoms with Crippen molar-refractivity contribution in [2.75, 3.05) is 6.54 Å². The lowest BCUT2D eigenvalue weighted by atomic mass is 9.95. The van der Waals surface area contributed by atoms with Crippen LogP contribution in [0.4, 0.5) is 8.78 Å². The van der Waals surface area contributed by atoms with E-state index >= 15 is 0 Å². The maximum Gasteiger partial charge on any atom is 0.295 e. The molecule has 2 N–H and O–H groups in total. The fourth-order valence-corrected chi connectivity index (χ4v) is 3.56. The van der Waals surface area contributed by atoms with Crippen LogP contribution in [0.15, 0.2) is 66.6 Å². The summed E-state index contributed by atoms with van der Waals surface area (Å²) in [5.41, 5.74) is 1.13. The van der Waals surface area contributed by atoms with Gasteiger partial charge in [0.2, 0.25) is 0 Å². The molecule has 0 spiro atoms. The van der Waals surface area contributed by atoms with Crippen molar-refractivity contribution >= 4 is 17.4 Å². The normalized spacial score (nSPS) is 18.2. The van der Waals surface area contributed by atoms with Crippen LogP contribution >= 0.6 is 0 Å². The van der Waals surface area contributed by atoms with Gasteiger partial charge in [-0.25, -0.2) is 13.8 Å². The highest BCUT2D eigenvalue weighted by Gasteiger charge is 2.45. The standard InChI is InChI=1S/C22H17F2N3O3/c23-15-6-4-13(5-7-15)20(28)18-19(14-2-1-3-16(24)10-14)27(22(30)21(18)29)9-8-17-11-25-12-26-17/h1-7,10-12,19,28H,8-9H2,(H,25,26)/b20-18+. The molecule has 1 aliphatic heterocycles. The first-order valence-corrected chi connectivity index (χ1v) is 9.23. The largest absolute Gasteiger partial charge is 0.507 e. The van der Waals surface area contributed by atoms with Crippen LogP contribution in [0.2, 0.25) is 0 Å². The Bertz CT molecular complexity index is 1120. The summed E-state index contributed by atoms with van der Waals surface area (Å²) in [5.74, 6) is -3.16. The van der Waals surface area contributed by atoms with Crippen LogP contribution in [0.1, 0.15) is 22.9 Å². The highest BCUT2D eigenvalue weighted by molar-refractivity contribution is 6.46. The minimum atomic E-state index is -0.978. The molecule has 4 rings (SSSR count). The number of ketones is 1. The predicted octanol–water partition coefficient (Wildman–Crippen LogP) is 3.35. The first kappa shape index (κ1) is 19.5. The maximum absolute atomic E-state index is 13.9. The van der Waals surface area contributed by atoms with E-state index in [0.29, 0.717) is 12.0 Å². The monoisotopic (exact) mass is 409 g/mol. The molecule has 3 aromatic rings. The number of amides is 1. The third kappa shape index (κ3) is 3.59. The molecule has 2 heterocycles. The second-order valence-corrected chi connectivity index (χ2v) is 6.88. The van der Waals surface area contributed by atoms with Crippen molar-refractivity contribution in [2.45, 2.75) is 12.5 Å². The van der Waals surface area contributed by atoms with E-state index in [9.17, 15) is 23.5 Å². The molecule has 1 saturated heterocycles. The molecule has 8 heteroatoms. The number of aromatic amines is 1. The van der Waals surface area contributed by atoms with Gasteiger partial charge in [0.25, 0.3) is 11.7 Å². The number of benzene rings is 2. The number of rotatable bonds is 5. The molecule has 2 aromatic carbocycles. The van der Waals surface area contributed by atoms with E-state index in [4.69, 9.17) is 0 Å². The number of halogens is 2. The van der Waals surface area contributed by atoms with E-state index in [-0.39, 0.29) is 17.7 Å². The van der Waals surface area contributed by atoms with Crippen LogP contribution in [-0.4, -0.2) is 38.2 Å². The zero-order valence-corrected chi connectivity index (χ0v) is 15.7. The number of carbonyl (C=O) groups excluding carboxylic acids is 2. The quantitative estimate of drug-likeness (QED) is 0.384. The van der Waals surface area contributed by atoms with Crippen LogP contribution in [0.25, 0.3) is 5.76 Å². The molecule has 1 atom stereocenters. The SMILES string of the molecule is O=C1C(=O)N(CCc2cnc[nH]2)C(c2cccc(F)c2)/C1=C(\O)c1ccc(F)cc1. The molecular weight excluding hydrogens is 392 g/mol. The molecule has 1 fully saturated rings. The number of H-pyrrole nitrogens is 1. The number of hydrogen-bond acceptors (Lipinski definition) is 4. The van der Waals surface area contributed by atoms with Crippen LogP contribution in [-0.2, 0) is 16.0 Å². The van der Waals surface area contributed by atoms with Crippen LogP contribution in [0, 0.1) is 11.6 Å². The summed E-state index contributed by atoms with van der Waals surface area (Å²) in [7, 11) is 0. The van der Waals surface area contributed by atoms with E-state index in [1.54, 1.807) is 12.3 Å². The average molecular weight is 409 g/mol. The van der Waals surface area contributed by atoms with Gasteiger partial charge >= 0.3 is 0 Å². The van der Waals surface area contributed by atoms with E-state index in [1.807, 2.05) is 0 Å². The summed E-state index contributed by atoms with van der Waals surface area (Å²) in [4.78, 5) is 33.8. The molecule has 1 aromatic heterocycles. The third-order valence-electron chi connectivity index (χ3n) is 5.00. The fourth-order valence-electron chi connectivity index (χ4n) is 3.56. The Morgan fingerprint density at radius 2 is 1.87 bits per heavy atom. The molecule has 152 valence electrons. The second-order valence-electron chi connectivity index (χ2n) is 6.88.